The van der Waals surface area contributed by atoms with Crippen LogP contribution in [0.1, 0.15) is 200 Å². The Bertz CT molecular complexity index is 1030. The molecule has 0 saturated heterocycles. The summed E-state index contributed by atoms with van der Waals surface area (Å²) in [6.07, 6.45) is 42.6. The Balaban J connectivity index is 4.21. The highest BCUT2D eigenvalue weighted by atomic mass is 31.2. The molecule has 3 N–H and O–H groups in total. The Morgan fingerprint density at radius 3 is 1.46 bits per heavy atom. The first-order valence-electron chi connectivity index (χ1n) is 22.5. The fraction of sp³-hybridized carbons (Fsp3) is 0.822. The van der Waals surface area contributed by atoms with Crippen molar-refractivity contribution in [2.24, 2.45) is 0 Å². The van der Waals surface area contributed by atoms with Gasteiger partial charge in [-0.15, -0.1) is 0 Å². The molecule has 11 heteroatoms. The average Bonchev–Trinajstić information content (AvgIpc) is 3.19. The molecule has 0 bridgehead atoms. The number of unbranched alkanes of at least 4 members (excludes halogenated alkanes) is 24. The van der Waals surface area contributed by atoms with E-state index in [0.717, 1.165) is 57.8 Å². The minimum Gasteiger partial charge on any atom is -0.462 e. The van der Waals surface area contributed by atoms with Gasteiger partial charge in [-0.2, -0.15) is 0 Å². The topological polar surface area (TPSA) is 149 Å². The van der Waals surface area contributed by atoms with Crippen LogP contribution in [0.15, 0.2) is 36.5 Å². The first-order valence-corrected chi connectivity index (χ1v) is 24.0. The van der Waals surface area contributed by atoms with Crippen molar-refractivity contribution < 1.29 is 47.8 Å². The van der Waals surface area contributed by atoms with E-state index in [1.165, 1.54) is 103 Å². The second-order valence-electron chi connectivity index (χ2n) is 15.1. The lowest BCUT2D eigenvalue weighted by Crippen LogP contribution is -2.29. The van der Waals surface area contributed by atoms with Crippen LogP contribution in [0.25, 0.3) is 0 Å². The van der Waals surface area contributed by atoms with E-state index < -0.39 is 51.8 Å². The Morgan fingerprint density at radius 2 is 0.982 bits per heavy atom. The van der Waals surface area contributed by atoms with E-state index in [1.54, 1.807) is 0 Å². The number of rotatable bonds is 42. The van der Waals surface area contributed by atoms with Crippen molar-refractivity contribution >= 4 is 19.8 Å². The largest absolute Gasteiger partial charge is 0.472 e. The van der Waals surface area contributed by atoms with Gasteiger partial charge in [-0.05, 0) is 32.1 Å². The molecule has 10 nitrogen and oxygen atoms in total. The quantitative estimate of drug-likeness (QED) is 0.0235. The van der Waals surface area contributed by atoms with Gasteiger partial charge in [0.05, 0.1) is 19.8 Å². The third-order valence-electron chi connectivity index (χ3n) is 9.62. The highest BCUT2D eigenvalue weighted by Crippen LogP contribution is 2.43. The van der Waals surface area contributed by atoms with Gasteiger partial charge in [-0.3, -0.25) is 18.6 Å². The van der Waals surface area contributed by atoms with Gasteiger partial charge >= 0.3 is 19.8 Å². The van der Waals surface area contributed by atoms with Gasteiger partial charge < -0.3 is 24.6 Å². The summed E-state index contributed by atoms with van der Waals surface area (Å²) in [7, 11) is -4.62. The van der Waals surface area contributed by atoms with Gasteiger partial charge in [-0.25, -0.2) is 4.57 Å². The van der Waals surface area contributed by atoms with Crippen LogP contribution < -0.4 is 0 Å². The van der Waals surface area contributed by atoms with Crippen LogP contribution in [0, 0.1) is 0 Å². The van der Waals surface area contributed by atoms with Crippen LogP contribution in [0.4, 0.5) is 0 Å². The van der Waals surface area contributed by atoms with Gasteiger partial charge in [0.15, 0.2) is 6.10 Å². The summed E-state index contributed by atoms with van der Waals surface area (Å²) in [5, 5.41) is 18.3. The molecule has 0 aliphatic heterocycles. The van der Waals surface area contributed by atoms with Gasteiger partial charge in [0.2, 0.25) is 0 Å². The summed E-state index contributed by atoms with van der Waals surface area (Å²) in [5.41, 5.74) is 0. The van der Waals surface area contributed by atoms with E-state index in [9.17, 15) is 24.2 Å². The zero-order valence-corrected chi connectivity index (χ0v) is 36.5. The van der Waals surface area contributed by atoms with Gasteiger partial charge in [0, 0.05) is 12.8 Å². The van der Waals surface area contributed by atoms with E-state index in [1.807, 2.05) is 18.2 Å². The normalized spacial score (nSPS) is 14.2. The maximum atomic E-state index is 12.6. The molecule has 328 valence electrons. The van der Waals surface area contributed by atoms with Crippen molar-refractivity contribution in [1.82, 2.24) is 0 Å². The summed E-state index contributed by atoms with van der Waals surface area (Å²) < 4.78 is 32.7. The minimum absolute atomic E-state index is 0.163. The third kappa shape index (κ3) is 40.4. The number of hydrogen-bond acceptors (Lipinski definition) is 9. The Kier molecular flexibility index (Phi) is 40.0. The van der Waals surface area contributed by atoms with E-state index >= 15 is 0 Å². The van der Waals surface area contributed by atoms with Crippen molar-refractivity contribution in [1.29, 1.82) is 0 Å². The fourth-order valence-corrected chi connectivity index (χ4v) is 6.96. The van der Waals surface area contributed by atoms with Gasteiger partial charge in [-0.1, -0.05) is 192 Å². The Hall–Kier alpha value is -1.81. The first kappa shape index (κ1) is 54.2. The lowest BCUT2D eigenvalue weighted by molar-refractivity contribution is -0.161. The summed E-state index contributed by atoms with van der Waals surface area (Å²) in [6, 6.07) is 0. The predicted molar refractivity (Wildman–Crippen MR) is 228 cm³/mol. The van der Waals surface area contributed by atoms with Crippen LogP contribution in [0.3, 0.4) is 0 Å². The molecule has 0 aliphatic rings. The van der Waals surface area contributed by atoms with Crippen LogP contribution in [-0.4, -0.2) is 65.7 Å². The molecular formula is C45H83O10P. The molecule has 2 unspecified atom stereocenters. The number of allylic oxidation sites excluding steroid dienone is 6. The predicted octanol–water partition coefficient (Wildman–Crippen LogP) is 11.9. The van der Waals surface area contributed by atoms with Gasteiger partial charge in [0.1, 0.15) is 12.7 Å². The summed E-state index contributed by atoms with van der Waals surface area (Å²) >= 11 is 0. The smallest absolute Gasteiger partial charge is 0.462 e. The number of esters is 2. The molecule has 0 radical (unpaired) electrons. The summed E-state index contributed by atoms with van der Waals surface area (Å²) in [5.74, 6) is -0.942. The second kappa shape index (κ2) is 41.4. The lowest BCUT2D eigenvalue weighted by atomic mass is 10.0. The maximum Gasteiger partial charge on any atom is 0.472 e. The Morgan fingerprint density at radius 1 is 0.554 bits per heavy atom. The van der Waals surface area contributed by atoms with Crippen LogP contribution in [0.2, 0.25) is 0 Å². The number of hydrogen-bond donors (Lipinski definition) is 3. The van der Waals surface area contributed by atoms with Crippen molar-refractivity contribution in [3.63, 3.8) is 0 Å². The zero-order chi connectivity index (χ0) is 41.2. The molecule has 0 amide bonds. The number of carbonyl (C=O) groups excluding carboxylic acids is 2. The van der Waals surface area contributed by atoms with Gasteiger partial charge in [0.25, 0.3) is 0 Å². The lowest BCUT2D eigenvalue weighted by Gasteiger charge is -2.20. The standard InChI is InChI=1S/C45H83O10P/c1-3-5-7-9-11-13-15-17-18-19-20-21-22-23-25-26-28-30-32-34-36-44(48)52-40-43(41-54-56(50,51)53-39-42(47)38-46)55-45(49)37-35-33-31-29-27-24-16-14-12-10-8-6-4-2/h6,8,10,12,14,16,42-43,46-47H,3-5,7,9,11,13,15,17-41H2,1-2H3,(H,50,51)/b8-6+,12-10+,16-14+/t42-,43?/m1/s1. The van der Waals surface area contributed by atoms with E-state index in [2.05, 4.69) is 36.6 Å². The highest BCUT2D eigenvalue weighted by Gasteiger charge is 2.27. The number of aliphatic hydroxyl groups excluding tert-OH is 2. The molecule has 0 heterocycles. The summed E-state index contributed by atoms with van der Waals surface area (Å²) in [4.78, 5) is 35.0. The Labute approximate surface area is 341 Å². The van der Waals surface area contributed by atoms with Crippen LogP contribution in [0.5, 0.6) is 0 Å². The molecule has 56 heavy (non-hydrogen) atoms. The molecule has 0 aliphatic carbocycles. The number of phosphoric acid groups is 1. The third-order valence-corrected chi connectivity index (χ3v) is 10.6. The molecule has 0 rings (SSSR count). The highest BCUT2D eigenvalue weighted by molar-refractivity contribution is 7.47. The summed E-state index contributed by atoms with van der Waals surface area (Å²) in [6.45, 7) is 2.24. The first-order chi connectivity index (χ1) is 27.2. The number of aliphatic hydroxyl groups is 2. The van der Waals surface area contributed by atoms with E-state index in [0.29, 0.717) is 12.8 Å². The molecule has 0 aromatic rings. The molecule has 0 aromatic carbocycles. The number of ether oxygens (including phenoxy) is 2. The molecule has 0 saturated carbocycles. The monoisotopic (exact) mass is 815 g/mol. The van der Waals surface area contributed by atoms with Crippen molar-refractivity contribution in [2.75, 3.05) is 26.4 Å². The van der Waals surface area contributed by atoms with Crippen molar-refractivity contribution in [3.8, 4) is 0 Å². The molecule has 0 aromatic heterocycles. The van der Waals surface area contributed by atoms with E-state index in [4.69, 9.17) is 19.1 Å². The number of phosphoric ester groups is 1. The van der Waals surface area contributed by atoms with Crippen molar-refractivity contribution in [3.05, 3.63) is 36.5 Å². The second-order valence-corrected chi connectivity index (χ2v) is 16.6. The van der Waals surface area contributed by atoms with E-state index in [-0.39, 0.29) is 19.4 Å². The molecular weight excluding hydrogens is 731 g/mol. The molecule has 3 atom stereocenters. The fourth-order valence-electron chi connectivity index (χ4n) is 6.17. The zero-order valence-electron chi connectivity index (χ0n) is 35.6. The average molecular weight is 815 g/mol. The maximum absolute atomic E-state index is 12.6. The van der Waals surface area contributed by atoms with Crippen LogP contribution >= 0.6 is 7.82 Å². The van der Waals surface area contributed by atoms with Crippen LogP contribution in [-0.2, 0) is 32.7 Å². The van der Waals surface area contributed by atoms with Crippen molar-refractivity contribution in [2.45, 2.75) is 212 Å². The molecule has 0 spiro atoms. The SMILES string of the molecule is CC/C=C/C=C/C=C/CCCCCCCC(=O)OC(COC(=O)CCCCCCCCCCCCCCCCCCCCCC)COP(=O)(O)OC[C@H](O)CO. The minimum atomic E-state index is -4.62. The molecule has 0 fully saturated rings. The number of carbonyl (C=O) groups is 2.